The summed E-state index contributed by atoms with van der Waals surface area (Å²) in [5.41, 5.74) is 3.92. The van der Waals surface area contributed by atoms with Crippen LogP contribution in [0, 0.1) is 11.3 Å². The molecule has 140 valence electrons. The highest BCUT2D eigenvalue weighted by Crippen LogP contribution is 2.36. The number of nitrogens with zero attached hydrogens (tertiary/aromatic N) is 2. The van der Waals surface area contributed by atoms with Gasteiger partial charge in [0.1, 0.15) is 6.10 Å². The summed E-state index contributed by atoms with van der Waals surface area (Å²) in [6, 6.07) is 19.6. The van der Waals surface area contributed by atoms with E-state index in [1.807, 2.05) is 0 Å². The standard InChI is InChI=1S/C23H27N3O/c24-23(27-21-16-25-13-10-18(21)11-14-25)26-15-12-17-6-4-5-9-20(17)22(26)19-7-2-1-3-8-19/h1-9,18,21-22,24H,10-16H2/t21-,22-/m0/s1. The predicted molar refractivity (Wildman–Crippen MR) is 107 cm³/mol. The Kier molecular flexibility index (Phi) is 4.36. The first kappa shape index (κ1) is 16.8. The molecule has 0 unspecified atom stereocenters. The van der Waals surface area contributed by atoms with E-state index in [1.54, 1.807) is 0 Å². The van der Waals surface area contributed by atoms with Gasteiger partial charge >= 0.3 is 0 Å². The first-order valence-electron chi connectivity index (χ1n) is 10.2. The lowest BCUT2D eigenvalue weighted by atomic mass is 9.86. The van der Waals surface area contributed by atoms with Gasteiger partial charge in [-0.05, 0) is 55.0 Å². The Morgan fingerprint density at radius 1 is 0.926 bits per heavy atom. The Bertz CT molecular complexity index is 813. The molecule has 2 aromatic carbocycles. The maximum atomic E-state index is 8.81. The van der Waals surface area contributed by atoms with Gasteiger partial charge in [0.15, 0.2) is 0 Å². The van der Waals surface area contributed by atoms with Gasteiger partial charge in [-0.25, -0.2) is 0 Å². The number of ether oxygens (including phenoxy) is 1. The van der Waals surface area contributed by atoms with Gasteiger partial charge in [0.25, 0.3) is 6.02 Å². The highest BCUT2D eigenvalue weighted by atomic mass is 16.5. The van der Waals surface area contributed by atoms with Gasteiger partial charge in [-0.2, -0.15) is 0 Å². The lowest BCUT2D eigenvalue weighted by molar-refractivity contribution is -0.0256. The van der Waals surface area contributed by atoms with Gasteiger partial charge in [0.2, 0.25) is 0 Å². The van der Waals surface area contributed by atoms with Crippen molar-refractivity contribution in [2.24, 2.45) is 5.92 Å². The molecule has 3 saturated heterocycles. The largest absolute Gasteiger partial charge is 0.460 e. The maximum Gasteiger partial charge on any atom is 0.285 e. The second kappa shape index (κ2) is 7.01. The zero-order chi connectivity index (χ0) is 18.2. The third-order valence-electron chi connectivity index (χ3n) is 6.52. The fraction of sp³-hybridized carbons (Fsp3) is 0.435. The average Bonchev–Trinajstić information content (AvgIpc) is 2.74. The van der Waals surface area contributed by atoms with Crippen molar-refractivity contribution < 1.29 is 4.74 Å². The highest BCUT2D eigenvalue weighted by molar-refractivity contribution is 5.72. The summed E-state index contributed by atoms with van der Waals surface area (Å²) in [5, 5.41) is 8.81. The summed E-state index contributed by atoms with van der Waals surface area (Å²) >= 11 is 0. The Balaban J connectivity index is 1.43. The molecule has 4 aliphatic rings. The van der Waals surface area contributed by atoms with Gasteiger partial charge in [-0.15, -0.1) is 0 Å². The number of hydrogen-bond acceptors (Lipinski definition) is 3. The van der Waals surface area contributed by atoms with Crippen LogP contribution in [0.4, 0.5) is 0 Å². The van der Waals surface area contributed by atoms with Crippen molar-refractivity contribution >= 4 is 6.02 Å². The van der Waals surface area contributed by atoms with Crippen molar-refractivity contribution in [2.45, 2.75) is 31.4 Å². The molecule has 0 spiro atoms. The summed E-state index contributed by atoms with van der Waals surface area (Å²) < 4.78 is 6.30. The molecular formula is C23H27N3O. The molecule has 4 heterocycles. The van der Waals surface area contributed by atoms with Crippen LogP contribution in [0.25, 0.3) is 0 Å². The molecule has 2 bridgehead atoms. The molecule has 0 aliphatic carbocycles. The van der Waals surface area contributed by atoms with E-state index < -0.39 is 0 Å². The van der Waals surface area contributed by atoms with Crippen LogP contribution in [0.15, 0.2) is 54.6 Å². The zero-order valence-electron chi connectivity index (χ0n) is 15.7. The monoisotopic (exact) mass is 361 g/mol. The summed E-state index contributed by atoms with van der Waals surface area (Å²) in [4.78, 5) is 4.65. The van der Waals surface area contributed by atoms with E-state index in [4.69, 9.17) is 10.1 Å². The van der Waals surface area contributed by atoms with E-state index in [1.165, 1.54) is 42.6 Å². The fourth-order valence-electron chi connectivity index (χ4n) is 5.04. The number of hydrogen-bond donors (Lipinski definition) is 1. The molecule has 4 nitrogen and oxygen atoms in total. The van der Waals surface area contributed by atoms with Crippen molar-refractivity contribution in [1.29, 1.82) is 5.41 Å². The van der Waals surface area contributed by atoms with Crippen molar-refractivity contribution in [3.8, 4) is 0 Å². The van der Waals surface area contributed by atoms with E-state index >= 15 is 0 Å². The van der Waals surface area contributed by atoms with Crippen LogP contribution in [0.5, 0.6) is 0 Å². The quantitative estimate of drug-likeness (QED) is 0.655. The third-order valence-corrected chi connectivity index (χ3v) is 6.52. The van der Waals surface area contributed by atoms with E-state index in [0.29, 0.717) is 11.9 Å². The van der Waals surface area contributed by atoms with Crippen LogP contribution in [-0.2, 0) is 11.2 Å². The summed E-state index contributed by atoms with van der Waals surface area (Å²) in [5.74, 6) is 0.614. The molecule has 4 heteroatoms. The van der Waals surface area contributed by atoms with Crippen LogP contribution >= 0.6 is 0 Å². The van der Waals surface area contributed by atoms with Gasteiger partial charge < -0.3 is 9.64 Å². The predicted octanol–water partition coefficient (Wildman–Crippen LogP) is 3.68. The zero-order valence-corrected chi connectivity index (χ0v) is 15.7. The van der Waals surface area contributed by atoms with E-state index in [0.717, 1.165) is 19.5 Å². The van der Waals surface area contributed by atoms with Gasteiger partial charge in [-0.3, -0.25) is 10.3 Å². The molecule has 0 aromatic heterocycles. The SMILES string of the molecule is N=C(O[C@H]1CN2CCC1CC2)N1CCc2ccccc2[C@@H]1c1ccccc1. The Hall–Kier alpha value is -2.33. The minimum Gasteiger partial charge on any atom is -0.460 e. The first-order chi connectivity index (χ1) is 13.3. The lowest BCUT2D eigenvalue weighted by Crippen LogP contribution is -2.53. The molecular weight excluding hydrogens is 334 g/mol. The van der Waals surface area contributed by atoms with E-state index in [9.17, 15) is 0 Å². The van der Waals surface area contributed by atoms with Crippen molar-refractivity contribution in [1.82, 2.24) is 9.80 Å². The summed E-state index contributed by atoms with van der Waals surface area (Å²) in [6.07, 6.45) is 3.56. The molecule has 2 aromatic rings. The molecule has 3 fully saturated rings. The topological polar surface area (TPSA) is 39.6 Å². The summed E-state index contributed by atoms with van der Waals surface area (Å²) in [7, 11) is 0. The van der Waals surface area contributed by atoms with Crippen LogP contribution < -0.4 is 0 Å². The third kappa shape index (κ3) is 3.12. The number of piperidine rings is 3. The van der Waals surface area contributed by atoms with Crippen molar-refractivity contribution in [3.63, 3.8) is 0 Å². The summed E-state index contributed by atoms with van der Waals surface area (Å²) in [6.45, 7) is 4.20. The molecule has 0 radical (unpaired) electrons. The van der Waals surface area contributed by atoms with Crippen molar-refractivity contribution in [3.05, 3.63) is 71.3 Å². The van der Waals surface area contributed by atoms with Gasteiger partial charge in [-0.1, -0.05) is 54.6 Å². The lowest BCUT2D eigenvalue weighted by Gasteiger charge is -2.46. The number of amidine groups is 1. The van der Waals surface area contributed by atoms with Crippen molar-refractivity contribution in [2.75, 3.05) is 26.2 Å². The van der Waals surface area contributed by atoms with Crippen LogP contribution in [0.1, 0.15) is 35.6 Å². The number of rotatable bonds is 2. The maximum absolute atomic E-state index is 8.81. The normalized spacial score (nSPS) is 29.3. The highest BCUT2D eigenvalue weighted by Gasteiger charge is 2.38. The second-order valence-corrected chi connectivity index (χ2v) is 8.05. The molecule has 4 aliphatic heterocycles. The smallest absolute Gasteiger partial charge is 0.285 e. The second-order valence-electron chi connectivity index (χ2n) is 8.05. The van der Waals surface area contributed by atoms with E-state index in [2.05, 4.69) is 64.4 Å². The van der Waals surface area contributed by atoms with Crippen LogP contribution in [0.3, 0.4) is 0 Å². The molecule has 2 atom stereocenters. The average molecular weight is 361 g/mol. The molecule has 6 rings (SSSR count). The molecule has 0 saturated carbocycles. The van der Waals surface area contributed by atoms with Crippen LogP contribution in [-0.4, -0.2) is 48.1 Å². The number of nitrogens with one attached hydrogen (secondary N) is 1. The van der Waals surface area contributed by atoms with E-state index in [-0.39, 0.29) is 12.1 Å². The minimum atomic E-state index is 0.0599. The van der Waals surface area contributed by atoms with Gasteiger partial charge in [0.05, 0.1) is 6.04 Å². The number of benzene rings is 2. The fourth-order valence-corrected chi connectivity index (χ4v) is 5.04. The van der Waals surface area contributed by atoms with Gasteiger partial charge in [0, 0.05) is 13.1 Å². The molecule has 27 heavy (non-hydrogen) atoms. The minimum absolute atomic E-state index is 0.0599. The molecule has 1 N–H and O–H groups in total. The molecule has 0 amide bonds. The Morgan fingerprint density at radius 3 is 2.41 bits per heavy atom. The number of fused-ring (bicyclic) bond motifs is 4. The van der Waals surface area contributed by atoms with Crippen LogP contribution in [0.2, 0.25) is 0 Å². The first-order valence-corrected chi connectivity index (χ1v) is 10.2. The Labute approximate surface area is 161 Å². The Morgan fingerprint density at radius 2 is 1.67 bits per heavy atom.